The molecule has 1 aliphatic heterocycles. The van der Waals surface area contributed by atoms with E-state index in [1.807, 2.05) is 31.2 Å². The normalized spacial score (nSPS) is 13.8. The van der Waals surface area contributed by atoms with E-state index in [1.54, 1.807) is 24.3 Å². The Morgan fingerprint density at radius 1 is 1.00 bits per heavy atom. The van der Waals surface area contributed by atoms with Gasteiger partial charge in [0.05, 0.1) is 17.9 Å². The smallest absolute Gasteiger partial charge is 0.338 e. The molecule has 134 valence electrons. The molecule has 0 radical (unpaired) electrons. The highest BCUT2D eigenvalue weighted by Gasteiger charge is 2.30. The van der Waals surface area contributed by atoms with Gasteiger partial charge in [0.2, 0.25) is 11.8 Å². The van der Waals surface area contributed by atoms with Crippen LogP contribution in [0.15, 0.2) is 48.5 Å². The van der Waals surface area contributed by atoms with Gasteiger partial charge in [-0.25, -0.2) is 4.79 Å². The summed E-state index contributed by atoms with van der Waals surface area (Å²) in [5.74, 6) is -0.248. The number of imide groups is 1. The number of hydrogen-bond acceptors (Lipinski definition) is 5. The van der Waals surface area contributed by atoms with E-state index in [-0.39, 0.29) is 31.3 Å². The molecule has 2 aromatic rings. The number of ether oxygens (including phenoxy) is 2. The largest absolute Gasteiger partial charge is 0.493 e. The third kappa shape index (κ3) is 3.74. The average molecular weight is 353 g/mol. The molecule has 2 amide bonds. The van der Waals surface area contributed by atoms with Gasteiger partial charge in [0.15, 0.2) is 0 Å². The van der Waals surface area contributed by atoms with E-state index in [1.165, 1.54) is 0 Å². The molecule has 1 fully saturated rings. The Morgan fingerprint density at radius 2 is 1.65 bits per heavy atom. The van der Waals surface area contributed by atoms with Crippen molar-refractivity contribution in [3.63, 3.8) is 0 Å². The number of nitrogens with zero attached hydrogens (tertiary/aromatic N) is 1. The molecule has 3 rings (SSSR count). The molecule has 26 heavy (non-hydrogen) atoms. The number of benzene rings is 2. The molecule has 0 aliphatic carbocycles. The van der Waals surface area contributed by atoms with Gasteiger partial charge < -0.3 is 9.47 Å². The number of carbonyl (C=O) groups is 3. The van der Waals surface area contributed by atoms with Crippen LogP contribution in [0.1, 0.15) is 35.7 Å². The Kier molecular flexibility index (Phi) is 5.31. The number of anilines is 1. The second kappa shape index (κ2) is 7.82. The van der Waals surface area contributed by atoms with Gasteiger partial charge in [0.25, 0.3) is 0 Å². The van der Waals surface area contributed by atoms with Crippen molar-refractivity contribution in [1.82, 2.24) is 0 Å². The molecule has 0 bridgehead atoms. The van der Waals surface area contributed by atoms with Crippen molar-refractivity contribution < 1.29 is 23.9 Å². The molecule has 0 spiro atoms. The van der Waals surface area contributed by atoms with E-state index in [9.17, 15) is 14.4 Å². The van der Waals surface area contributed by atoms with Crippen LogP contribution in [-0.4, -0.2) is 24.4 Å². The highest BCUT2D eigenvalue weighted by Crippen LogP contribution is 2.23. The summed E-state index contributed by atoms with van der Waals surface area (Å²) in [5, 5.41) is 0. The Morgan fingerprint density at radius 3 is 2.31 bits per heavy atom. The molecule has 1 heterocycles. The summed E-state index contributed by atoms with van der Waals surface area (Å²) in [7, 11) is 0. The molecule has 0 aromatic heterocycles. The van der Waals surface area contributed by atoms with Crippen molar-refractivity contribution in [3.8, 4) is 5.75 Å². The van der Waals surface area contributed by atoms with E-state index in [2.05, 4.69) is 0 Å². The van der Waals surface area contributed by atoms with Crippen LogP contribution in [0.3, 0.4) is 0 Å². The molecule has 1 saturated heterocycles. The second-order valence-corrected chi connectivity index (χ2v) is 5.79. The highest BCUT2D eigenvalue weighted by atomic mass is 16.5. The Hall–Kier alpha value is -3.15. The summed E-state index contributed by atoms with van der Waals surface area (Å²) in [6.45, 7) is 2.51. The van der Waals surface area contributed by atoms with E-state index >= 15 is 0 Å². The summed E-state index contributed by atoms with van der Waals surface area (Å²) >= 11 is 0. The predicted molar refractivity (Wildman–Crippen MR) is 94.9 cm³/mol. The lowest BCUT2D eigenvalue weighted by atomic mass is 10.2. The number of hydrogen-bond donors (Lipinski definition) is 0. The van der Waals surface area contributed by atoms with Crippen molar-refractivity contribution in [2.75, 3.05) is 11.5 Å². The number of rotatable bonds is 6. The Labute approximate surface area is 151 Å². The lowest BCUT2D eigenvalue weighted by Gasteiger charge is -2.14. The van der Waals surface area contributed by atoms with Gasteiger partial charge in [0.1, 0.15) is 12.4 Å². The van der Waals surface area contributed by atoms with Crippen molar-refractivity contribution in [1.29, 1.82) is 0 Å². The summed E-state index contributed by atoms with van der Waals surface area (Å²) in [6, 6.07) is 13.6. The summed E-state index contributed by atoms with van der Waals surface area (Å²) in [6.07, 6.45) is 0.448. The minimum absolute atomic E-state index is 0.0971. The van der Waals surface area contributed by atoms with Gasteiger partial charge in [-0.1, -0.05) is 18.2 Å². The average Bonchev–Trinajstić information content (AvgIpc) is 2.99. The summed E-state index contributed by atoms with van der Waals surface area (Å²) in [4.78, 5) is 36.9. The zero-order valence-electron chi connectivity index (χ0n) is 14.4. The quantitative estimate of drug-likeness (QED) is 0.589. The maximum atomic E-state index is 12.2. The second-order valence-electron chi connectivity index (χ2n) is 5.79. The van der Waals surface area contributed by atoms with Crippen LogP contribution in [0, 0.1) is 0 Å². The van der Waals surface area contributed by atoms with E-state index in [0.717, 1.165) is 10.5 Å². The topological polar surface area (TPSA) is 72.9 Å². The minimum atomic E-state index is -0.484. The van der Waals surface area contributed by atoms with Crippen LogP contribution < -0.4 is 9.64 Å². The molecule has 6 heteroatoms. The monoisotopic (exact) mass is 353 g/mol. The molecule has 1 aliphatic rings. The molecule has 0 unspecified atom stereocenters. The van der Waals surface area contributed by atoms with Crippen LogP contribution in [0.4, 0.5) is 5.69 Å². The van der Waals surface area contributed by atoms with Gasteiger partial charge >= 0.3 is 5.97 Å². The van der Waals surface area contributed by atoms with Crippen LogP contribution >= 0.6 is 0 Å². The molecule has 2 aromatic carbocycles. The molecular formula is C20H19NO5. The fourth-order valence-electron chi connectivity index (χ4n) is 2.76. The molecule has 0 N–H and O–H groups in total. The maximum absolute atomic E-state index is 12.2. The van der Waals surface area contributed by atoms with E-state index in [0.29, 0.717) is 23.6 Å². The highest BCUT2D eigenvalue weighted by molar-refractivity contribution is 6.19. The van der Waals surface area contributed by atoms with Crippen LogP contribution in [0.5, 0.6) is 5.75 Å². The van der Waals surface area contributed by atoms with Crippen molar-refractivity contribution in [2.24, 2.45) is 0 Å². The maximum Gasteiger partial charge on any atom is 0.338 e. The summed E-state index contributed by atoms with van der Waals surface area (Å²) < 4.78 is 10.8. The minimum Gasteiger partial charge on any atom is -0.493 e. The third-order valence-electron chi connectivity index (χ3n) is 4.04. The van der Waals surface area contributed by atoms with Crippen LogP contribution in [0.25, 0.3) is 0 Å². The number of carbonyl (C=O) groups excluding carboxylic acids is 3. The number of esters is 1. The first-order valence-corrected chi connectivity index (χ1v) is 8.44. The Bertz CT molecular complexity index is 812. The van der Waals surface area contributed by atoms with E-state index < -0.39 is 5.97 Å². The molecule has 6 nitrogen and oxygen atoms in total. The van der Waals surface area contributed by atoms with Gasteiger partial charge in [0, 0.05) is 18.4 Å². The lowest BCUT2D eigenvalue weighted by Crippen LogP contribution is -2.28. The first-order valence-electron chi connectivity index (χ1n) is 8.44. The zero-order valence-corrected chi connectivity index (χ0v) is 14.4. The SMILES string of the molecule is CCOc1ccccc1COC(=O)c1ccc(N2C(=O)CCC2=O)cc1. The third-order valence-corrected chi connectivity index (χ3v) is 4.04. The Balaban J connectivity index is 1.66. The van der Waals surface area contributed by atoms with Gasteiger partial charge in [-0.3, -0.25) is 14.5 Å². The van der Waals surface area contributed by atoms with Crippen molar-refractivity contribution >= 4 is 23.5 Å². The summed E-state index contributed by atoms with van der Waals surface area (Å²) in [5.41, 5.74) is 1.60. The van der Waals surface area contributed by atoms with Crippen LogP contribution in [0.2, 0.25) is 0 Å². The van der Waals surface area contributed by atoms with Crippen molar-refractivity contribution in [3.05, 3.63) is 59.7 Å². The van der Waals surface area contributed by atoms with E-state index in [4.69, 9.17) is 9.47 Å². The fourth-order valence-corrected chi connectivity index (χ4v) is 2.76. The first kappa shape index (κ1) is 17.7. The van der Waals surface area contributed by atoms with Crippen molar-refractivity contribution in [2.45, 2.75) is 26.4 Å². The molecule has 0 saturated carbocycles. The van der Waals surface area contributed by atoms with Crippen LogP contribution in [-0.2, 0) is 20.9 Å². The van der Waals surface area contributed by atoms with Gasteiger partial charge in [-0.05, 0) is 37.3 Å². The predicted octanol–water partition coefficient (Wildman–Crippen LogP) is 3.10. The van der Waals surface area contributed by atoms with Gasteiger partial charge in [-0.15, -0.1) is 0 Å². The zero-order chi connectivity index (χ0) is 18.5. The number of amides is 2. The standard InChI is InChI=1S/C20H19NO5/c1-2-25-17-6-4-3-5-15(17)13-26-20(24)14-7-9-16(10-8-14)21-18(22)11-12-19(21)23/h3-10H,2,11-13H2,1H3. The molecular weight excluding hydrogens is 334 g/mol. The van der Waals surface area contributed by atoms with Gasteiger partial charge in [-0.2, -0.15) is 0 Å². The lowest BCUT2D eigenvalue weighted by molar-refractivity contribution is -0.121. The fraction of sp³-hybridized carbons (Fsp3) is 0.250. The number of para-hydroxylation sites is 1. The molecule has 0 atom stereocenters. The first-order chi connectivity index (χ1) is 12.6.